The molecular weight excluding hydrogens is 416 g/mol. The first-order valence-corrected chi connectivity index (χ1v) is 11.7. The second kappa shape index (κ2) is 9.32. The Morgan fingerprint density at radius 1 is 1.12 bits per heavy atom. The molecule has 3 aliphatic rings. The Kier molecular flexibility index (Phi) is 6.10. The van der Waals surface area contributed by atoms with Crippen molar-refractivity contribution in [3.63, 3.8) is 0 Å². The number of piperazine rings is 1. The fourth-order valence-corrected chi connectivity index (χ4v) is 5.45. The lowest BCUT2D eigenvalue weighted by molar-refractivity contribution is -0.159. The lowest BCUT2D eigenvalue weighted by Crippen LogP contribution is -2.73. The Labute approximate surface area is 193 Å². The number of hydrogen-bond donors (Lipinski definition) is 1. The van der Waals surface area contributed by atoms with Gasteiger partial charge in [0.1, 0.15) is 12.2 Å². The van der Waals surface area contributed by atoms with Crippen molar-refractivity contribution in [3.8, 4) is 11.8 Å². The molecule has 2 aliphatic heterocycles. The highest BCUT2D eigenvalue weighted by Gasteiger charge is 2.54. The molecule has 1 aromatic carbocycles. The number of carbonyl (C=O) groups excluding carboxylic acids is 2. The Morgan fingerprint density at radius 2 is 1.91 bits per heavy atom. The first-order valence-electron chi connectivity index (χ1n) is 11.7. The molecule has 5 rings (SSSR count). The number of aliphatic hydroxyl groups is 1. The van der Waals surface area contributed by atoms with E-state index in [2.05, 4.69) is 21.8 Å². The monoisotopic (exact) mass is 444 g/mol. The number of nitrogens with zero attached hydrogens (tertiary/aromatic N) is 4. The Morgan fingerprint density at radius 3 is 2.61 bits per heavy atom. The molecule has 3 atom stereocenters. The van der Waals surface area contributed by atoms with Crippen LogP contribution in [0.2, 0.25) is 0 Å². The van der Waals surface area contributed by atoms with Gasteiger partial charge in [-0.25, -0.2) is 4.98 Å². The zero-order valence-corrected chi connectivity index (χ0v) is 18.6. The Balaban J connectivity index is 1.32. The van der Waals surface area contributed by atoms with Crippen LogP contribution in [-0.4, -0.2) is 68.5 Å². The standard InChI is InChI=1S/C26H28N4O3/c31-17-23-25(20-10-8-19(9-11-20)7-6-18-4-2-1-3-5-18)22-15-29(16-24(32)30(22)23)26(33)21-14-27-12-13-28-21/h8-14,18,22-23,25,31H,1-5,15-17H2/t22-,23-,25+/m1/s1. The molecular formula is C26H28N4O3. The van der Waals surface area contributed by atoms with Crippen molar-refractivity contribution in [1.29, 1.82) is 0 Å². The molecule has 2 aromatic rings. The number of benzene rings is 1. The van der Waals surface area contributed by atoms with Crippen molar-refractivity contribution >= 4 is 11.8 Å². The highest BCUT2D eigenvalue weighted by Crippen LogP contribution is 2.43. The molecule has 0 spiro atoms. The van der Waals surface area contributed by atoms with Crippen LogP contribution >= 0.6 is 0 Å². The third-order valence-corrected chi connectivity index (χ3v) is 7.14. The van der Waals surface area contributed by atoms with Crippen LogP contribution in [0.1, 0.15) is 59.6 Å². The molecule has 1 N–H and O–H groups in total. The summed E-state index contributed by atoms with van der Waals surface area (Å²) in [6, 6.07) is 7.70. The predicted octanol–water partition coefficient (Wildman–Crippen LogP) is 2.22. The van der Waals surface area contributed by atoms with E-state index in [0.29, 0.717) is 12.5 Å². The van der Waals surface area contributed by atoms with E-state index < -0.39 is 0 Å². The SMILES string of the molecule is O=C(c1cnccn1)N1CC(=O)N2[C@H](CO)[C@@H](c3ccc(C#CC4CCCCC4)cc3)[C@H]2C1. The maximum atomic E-state index is 12.9. The summed E-state index contributed by atoms with van der Waals surface area (Å²) in [4.78, 5) is 37.0. The van der Waals surface area contributed by atoms with Crippen LogP contribution < -0.4 is 0 Å². The van der Waals surface area contributed by atoms with Gasteiger partial charge in [0, 0.05) is 36.3 Å². The second-order valence-corrected chi connectivity index (χ2v) is 9.15. The van der Waals surface area contributed by atoms with Crippen LogP contribution in [0.5, 0.6) is 0 Å². The van der Waals surface area contributed by atoms with Crippen molar-refractivity contribution < 1.29 is 14.7 Å². The number of rotatable bonds is 3. The predicted molar refractivity (Wildman–Crippen MR) is 122 cm³/mol. The average Bonchev–Trinajstić information content (AvgIpc) is 2.85. The van der Waals surface area contributed by atoms with Crippen molar-refractivity contribution in [2.45, 2.75) is 50.1 Å². The molecule has 7 nitrogen and oxygen atoms in total. The lowest BCUT2D eigenvalue weighted by Gasteiger charge is -2.58. The number of aliphatic hydroxyl groups excluding tert-OH is 1. The number of carbonyl (C=O) groups is 2. The summed E-state index contributed by atoms with van der Waals surface area (Å²) in [5, 5.41) is 10.00. The Bertz CT molecular complexity index is 1070. The van der Waals surface area contributed by atoms with Crippen LogP contribution in [0, 0.1) is 17.8 Å². The van der Waals surface area contributed by atoms with Crippen LogP contribution in [0.3, 0.4) is 0 Å². The van der Waals surface area contributed by atoms with Gasteiger partial charge < -0.3 is 14.9 Å². The van der Waals surface area contributed by atoms with Gasteiger partial charge in [-0.1, -0.05) is 43.2 Å². The van der Waals surface area contributed by atoms with Gasteiger partial charge in [0.15, 0.2) is 0 Å². The fourth-order valence-electron chi connectivity index (χ4n) is 5.45. The van der Waals surface area contributed by atoms with Gasteiger partial charge in [-0.3, -0.25) is 14.6 Å². The van der Waals surface area contributed by atoms with Gasteiger partial charge in [0.05, 0.1) is 24.9 Å². The Hall–Kier alpha value is -3.24. The molecule has 0 bridgehead atoms. The van der Waals surface area contributed by atoms with Crippen molar-refractivity contribution in [2.75, 3.05) is 19.7 Å². The van der Waals surface area contributed by atoms with Gasteiger partial charge in [-0.2, -0.15) is 0 Å². The number of amides is 2. The van der Waals surface area contributed by atoms with Crippen LogP contribution in [0.25, 0.3) is 0 Å². The second-order valence-electron chi connectivity index (χ2n) is 9.15. The maximum Gasteiger partial charge on any atom is 0.274 e. The van der Waals surface area contributed by atoms with Gasteiger partial charge in [0.2, 0.25) is 5.91 Å². The largest absolute Gasteiger partial charge is 0.394 e. The van der Waals surface area contributed by atoms with E-state index in [1.807, 2.05) is 24.3 Å². The normalized spacial score (nSPS) is 25.0. The van der Waals surface area contributed by atoms with E-state index >= 15 is 0 Å². The molecule has 2 amide bonds. The highest BCUT2D eigenvalue weighted by molar-refractivity contribution is 5.96. The van der Waals surface area contributed by atoms with Crippen molar-refractivity contribution in [1.82, 2.24) is 19.8 Å². The van der Waals surface area contributed by atoms with Gasteiger partial charge >= 0.3 is 0 Å². The molecule has 0 unspecified atom stereocenters. The molecule has 3 heterocycles. The molecule has 0 radical (unpaired) electrons. The number of fused-ring (bicyclic) bond motifs is 1. The summed E-state index contributed by atoms with van der Waals surface area (Å²) in [5.74, 6) is 6.77. The van der Waals surface area contributed by atoms with E-state index in [9.17, 15) is 14.7 Å². The maximum absolute atomic E-state index is 12.9. The van der Waals surface area contributed by atoms with Crippen LogP contribution in [0.15, 0.2) is 42.9 Å². The fraction of sp³-hybridized carbons (Fsp3) is 0.462. The first kappa shape index (κ1) is 21.6. The molecule has 2 saturated heterocycles. The summed E-state index contributed by atoms with van der Waals surface area (Å²) < 4.78 is 0. The summed E-state index contributed by atoms with van der Waals surface area (Å²) in [7, 11) is 0. The van der Waals surface area contributed by atoms with Gasteiger partial charge in [-0.05, 0) is 30.5 Å². The smallest absolute Gasteiger partial charge is 0.274 e. The van der Waals surface area contributed by atoms with E-state index in [0.717, 1.165) is 11.1 Å². The minimum atomic E-state index is -0.296. The quantitative estimate of drug-likeness (QED) is 0.734. The van der Waals surface area contributed by atoms with Gasteiger partial charge in [-0.15, -0.1) is 0 Å². The van der Waals surface area contributed by atoms with E-state index in [1.54, 1.807) is 4.90 Å². The summed E-state index contributed by atoms with van der Waals surface area (Å²) >= 11 is 0. The first-order chi connectivity index (χ1) is 16.2. The third-order valence-electron chi connectivity index (χ3n) is 7.14. The molecule has 33 heavy (non-hydrogen) atoms. The van der Waals surface area contributed by atoms with Crippen molar-refractivity contribution in [3.05, 3.63) is 59.7 Å². The van der Waals surface area contributed by atoms with Crippen molar-refractivity contribution in [2.24, 2.45) is 5.92 Å². The summed E-state index contributed by atoms with van der Waals surface area (Å²) in [5.41, 5.74) is 2.27. The third kappa shape index (κ3) is 4.23. The summed E-state index contributed by atoms with van der Waals surface area (Å²) in [6.45, 7) is 0.296. The minimum absolute atomic E-state index is 0.00911. The molecule has 170 valence electrons. The average molecular weight is 445 g/mol. The summed E-state index contributed by atoms with van der Waals surface area (Å²) in [6.07, 6.45) is 10.7. The van der Waals surface area contributed by atoms with E-state index in [1.165, 1.54) is 55.6 Å². The number of hydrogen-bond acceptors (Lipinski definition) is 5. The molecule has 1 saturated carbocycles. The van der Waals surface area contributed by atoms with Crippen LogP contribution in [-0.2, 0) is 4.79 Å². The van der Waals surface area contributed by atoms with Crippen LogP contribution in [0.4, 0.5) is 0 Å². The molecule has 3 fully saturated rings. The van der Waals surface area contributed by atoms with E-state index in [4.69, 9.17) is 0 Å². The van der Waals surface area contributed by atoms with E-state index in [-0.39, 0.29) is 48.7 Å². The molecule has 7 heteroatoms. The van der Waals surface area contributed by atoms with Gasteiger partial charge in [0.25, 0.3) is 5.91 Å². The zero-order chi connectivity index (χ0) is 22.8. The zero-order valence-electron chi connectivity index (χ0n) is 18.6. The molecule has 1 aromatic heterocycles. The molecule has 1 aliphatic carbocycles. The highest BCUT2D eigenvalue weighted by atomic mass is 16.3. The lowest BCUT2D eigenvalue weighted by atomic mass is 9.73. The topological polar surface area (TPSA) is 86.6 Å². The minimum Gasteiger partial charge on any atom is -0.394 e. The number of aromatic nitrogens is 2.